The lowest BCUT2D eigenvalue weighted by Crippen LogP contribution is -2.59. The van der Waals surface area contributed by atoms with Gasteiger partial charge in [-0.25, -0.2) is 0 Å². The third-order valence-corrected chi connectivity index (χ3v) is 9.15. The standard InChI is InChI=1S/C27H35N3O3/c31-24-13-23(18-30(24)17-19-4-2-1-3-5-19)25(32)28-6-8-29(9-7-28)26(33)27-14-20-10-21(15-27)12-22(11-20)16-27/h1-5,20-23H,6-18H2. The van der Waals surface area contributed by atoms with Gasteiger partial charge in [0.25, 0.3) is 0 Å². The van der Waals surface area contributed by atoms with Gasteiger partial charge in [0.15, 0.2) is 0 Å². The van der Waals surface area contributed by atoms with E-state index in [1.54, 1.807) is 0 Å². The highest BCUT2D eigenvalue weighted by molar-refractivity contribution is 5.89. The lowest BCUT2D eigenvalue weighted by Gasteiger charge is -2.57. The number of rotatable bonds is 4. The molecule has 4 bridgehead atoms. The largest absolute Gasteiger partial charge is 0.339 e. The number of carbonyl (C=O) groups is 3. The molecular formula is C27H35N3O3. The average molecular weight is 450 g/mol. The van der Waals surface area contributed by atoms with Crippen LogP contribution in [0.3, 0.4) is 0 Å². The molecule has 4 saturated carbocycles. The van der Waals surface area contributed by atoms with Gasteiger partial charge in [-0.1, -0.05) is 30.3 Å². The summed E-state index contributed by atoms with van der Waals surface area (Å²) < 4.78 is 0. The Morgan fingerprint density at radius 1 is 0.848 bits per heavy atom. The molecule has 0 N–H and O–H groups in total. The minimum absolute atomic E-state index is 0.0628. The maximum absolute atomic E-state index is 13.6. The second kappa shape index (κ2) is 8.14. The van der Waals surface area contributed by atoms with Crippen LogP contribution in [-0.2, 0) is 20.9 Å². The molecule has 2 aliphatic heterocycles. The molecule has 4 aliphatic carbocycles. The van der Waals surface area contributed by atoms with E-state index in [9.17, 15) is 14.4 Å². The van der Waals surface area contributed by atoms with Gasteiger partial charge in [0, 0.05) is 45.7 Å². The van der Waals surface area contributed by atoms with E-state index in [2.05, 4.69) is 4.90 Å². The molecule has 1 aromatic carbocycles. The first kappa shape index (κ1) is 21.2. The van der Waals surface area contributed by atoms with Crippen molar-refractivity contribution >= 4 is 17.7 Å². The summed E-state index contributed by atoms with van der Waals surface area (Å²) in [5.41, 5.74) is 0.993. The molecule has 3 amide bonds. The zero-order valence-electron chi connectivity index (χ0n) is 19.5. The van der Waals surface area contributed by atoms with Crippen LogP contribution in [0, 0.1) is 29.1 Å². The van der Waals surface area contributed by atoms with Gasteiger partial charge in [0.05, 0.1) is 11.3 Å². The highest BCUT2D eigenvalue weighted by atomic mass is 16.2. The summed E-state index contributed by atoms with van der Waals surface area (Å²) in [6.45, 7) is 3.54. The van der Waals surface area contributed by atoms with Crippen LogP contribution >= 0.6 is 0 Å². The Labute approximate surface area is 196 Å². The summed E-state index contributed by atoms with van der Waals surface area (Å²) in [6.07, 6.45) is 7.62. The molecule has 6 aliphatic rings. The predicted octanol–water partition coefficient (Wildman–Crippen LogP) is 2.92. The number of hydrogen-bond donors (Lipinski definition) is 0. The van der Waals surface area contributed by atoms with E-state index >= 15 is 0 Å². The van der Waals surface area contributed by atoms with Crippen molar-refractivity contribution in [2.45, 2.75) is 51.5 Å². The topological polar surface area (TPSA) is 60.9 Å². The molecule has 6 nitrogen and oxygen atoms in total. The minimum Gasteiger partial charge on any atom is -0.339 e. The molecule has 6 heteroatoms. The lowest BCUT2D eigenvalue weighted by molar-refractivity contribution is -0.161. The summed E-state index contributed by atoms with van der Waals surface area (Å²) in [4.78, 5) is 45.1. The molecule has 2 saturated heterocycles. The van der Waals surface area contributed by atoms with E-state index in [0.717, 1.165) is 42.6 Å². The molecule has 1 atom stereocenters. The van der Waals surface area contributed by atoms with Gasteiger partial charge in [-0.05, 0) is 61.8 Å². The minimum atomic E-state index is -0.258. The van der Waals surface area contributed by atoms with Gasteiger partial charge >= 0.3 is 0 Å². The van der Waals surface area contributed by atoms with E-state index in [4.69, 9.17) is 0 Å². The molecule has 1 unspecified atom stereocenters. The Morgan fingerprint density at radius 2 is 1.42 bits per heavy atom. The summed E-state index contributed by atoms with van der Waals surface area (Å²) >= 11 is 0. The Morgan fingerprint density at radius 3 is 2.03 bits per heavy atom. The van der Waals surface area contributed by atoms with Crippen LogP contribution in [0.15, 0.2) is 30.3 Å². The Hall–Kier alpha value is -2.37. The molecule has 33 heavy (non-hydrogen) atoms. The zero-order chi connectivity index (χ0) is 22.6. The van der Waals surface area contributed by atoms with E-state index in [1.165, 1.54) is 19.3 Å². The monoisotopic (exact) mass is 449 g/mol. The fourth-order valence-electron chi connectivity index (χ4n) is 7.99. The Balaban J connectivity index is 1.04. The van der Waals surface area contributed by atoms with Crippen LogP contribution < -0.4 is 0 Å². The van der Waals surface area contributed by atoms with Gasteiger partial charge in [-0.15, -0.1) is 0 Å². The summed E-state index contributed by atoms with van der Waals surface area (Å²) in [6, 6.07) is 9.95. The van der Waals surface area contributed by atoms with Crippen molar-refractivity contribution < 1.29 is 14.4 Å². The maximum Gasteiger partial charge on any atom is 0.228 e. The first-order valence-electron chi connectivity index (χ1n) is 12.9. The molecule has 0 aromatic heterocycles. The van der Waals surface area contributed by atoms with E-state index in [-0.39, 0.29) is 23.1 Å². The smallest absolute Gasteiger partial charge is 0.228 e. The number of nitrogens with zero attached hydrogens (tertiary/aromatic N) is 3. The van der Waals surface area contributed by atoms with Gasteiger partial charge < -0.3 is 14.7 Å². The fourth-order valence-corrected chi connectivity index (χ4v) is 7.99. The number of piperazine rings is 1. The summed E-state index contributed by atoms with van der Waals surface area (Å²) in [5.74, 6) is 2.56. The molecule has 7 rings (SSSR count). The van der Waals surface area contributed by atoms with E-state index in [1.807, 2.05) is 40.1 Å². The first-order chi connectivity index (χ1) is 16.0. The number of amides is 3. The summed E-state index contributed by atoms with van der Waals surface area (Å²) in [7, 11) is 0. The van der Waals surface area contributed by atoms with Gasteiger partial charge in [0.1, 0.15) is 0 Å². The lowest BCUT2D eigenvalue weighted by atomic mass is 9.49. The predicted molar refractivity (Wildman–Crippen MR) is 124 cm³/mol. The highest BCUT2D eigenvalue weighted by Gasteiger charge is 2.55. The second-order valence-corrected chi connectivity index (χ2v) is 11.5. The molecule has 2 heterocycles. The van der Waals surface area contributed by atoms with E-state index < -0.39 is 0 Å². The van der Waals surface area contributed by atoms with Crippen LogP contribution in [0.1, 0.15) is 50.5 Å². The highest BCUT2D eigenvalue weighted by Crippen LogP contribution is 2.60. The van der Waals surface area contributed by atoms with Crippen LogP contribution in [0.25, 0.3) is 0 Å². The van der Waals surface area contributed by atoms with Crippen LogP contribution in [0.5, 0.6) is 0 Å². The molecule has 0 spiro atoms. The Bertz CT molecular complexity index is 902. The van der Waals surface area contributed by atoms with Gasteiger partial charge in [-0.2, -0.15) is 0 Å². The SMILES string of the molecule is O=C1CC(C(=O)N2CCN(C(=O)C34CC5CC(CC(C5)C3)C4)CC2)CN1Cc1ccccc1. The normalized spacial score (nSPS) is 35.4. The third-order valence-electron chi connectivity index (χ3n) is 9.15. The van der Waals surface area contributed by atoms with Crippen molar-refractivity contribution in [2.24, 2.45) is 29.1 Å². The Kier molecular flexibility index (Phi) is 5.22. The van der Waals surface area contributed by atoms with Gasteiger partial charge in [-0.3, -0.25) is 14.4 Å². The maximum atomic E-state index is 13.6. The van der Waals surface area contributed by atoms with E-state index in [0.29, 0.717) is 51.6 Å². The zero-order valence-corrected chi connectivity index (χ0v) is 19.5. The van der Waals surface area contributed by atoms with Crippen molar-refractivity contribution in [3.63, 3.8) is 0 Å². The van der Waals surface area contributed by atoms with Crippen molar-refractivity contribution in [3.05, 3.63) is 35.9 Å². The average Bonchev–Trinajstić information content (AvgIpc) is 3.18. The molecule has 1 aromatic rings. The number of likely N-dealkylation sites (tertiary alicyclic amines) is 1. The molecule has 176 valence electrons. The quantitative estimate of drug-likeness (QED) is 0.710. The third kappa shape index (κ3) is 3.85. The van der Waals surface area contributed by atoms with Crippen molar-refractivity contribution in [1.29, 1.82) is 0 Å². The number of benzene rings is 1. The van der Waals surface area contributed by atoms with Crippen LogP contribution in [0.2, 0.25) is 0 Å². The first-order valence-corrected chi connectivity index (χ1v) is 12.9. The molecule has 0 radical (unpaired) electrons. The fraction of sp³-hybridized carbons (Fsp3) is 0.667. The van der Waals surface area contributed by atoms with Crippen molar-refractivity contribution in [2.75, 3.05) is 32.7 Å². The molecule has 6 fully saturated rings. The summed E-state index contributed by atoms with van der Waals surface area (Å²) in [5, 5.41) is 0. The molecular weight excluding hydrogens is 414 g/mol. The van der Waals surface area contributed by atoms with Crippen molar-refractivity contribution in [3.8, 4) is 0 Å². The number of hydrogen-bond acceptors (Lipinski definition) is 3. The second-order valence-electron chi connectivity index (χ2n) is 11.5. The van der Waals surface area contributed by atoms with Crippen LogP contribution in [0.4, 0.5) is 0 Å². The number of carbonyl (C=O) groups excluding carboxylic acids is 3. The van der Waals surface area contributed by atoms with Gasteiger partial charge in [0.2, 0.25) is 17.7 Å². The van der Waals surface area contributed by atoms with Crippen molar-refractivity contribution in [1.82, 2.24) is 14.7 Å². The van der Waals surface area contributed by atoms with Crippen LogP contribution in [-0.4, -0.2) is 65.1 Å².